The number of nitrogens with zero attached hydrogens (tertiary/aromatic N) is 3. The summed E-state index contributed by atoms with van der Waals surface area (Å²) < 4.78 is 20.4. The Morgan fingerprint density at radius 2 is 2.12 bits per heavy atom. The van der Waals surface area contributed by atoms with Crippen LogP contribution in [0.5, 0.6) is 0 Å². The number of benzene rings is 1. The SMILES string of the molecule is COC(=O)c1nc2c(n1C)CN(c1ccc(Cl)c(F)c1)CC2(C)C. The molecule has 3 rings (SSSR count). The number of carbonyl (C=O) groups is 1. The molecule has 1 aliphatic heterocycles. The van der Waals surface area contributed by atoms with E-state index in [-0.39, 0.29) is 16.3 Å². The molecule has 7 heteroatoms. The highest BCUT2D eigenvalue weighted by atomic mass is 35.5. The predicted molar refractivity (Wildman–Crippen MR) is 90.0 cm³/mol. The van der Waals surface area contributed by atoms with Gasteiger partial charge >= 0.3 is 5.97 Å². The van der Waals surface area contributed by atoms with Crippen molar-refractivity contribution in [3.05, 3.63) is 46.3 Å². The smallest absolute Gasteiger partial charge is 0.374 e. The molecule has 0 unspecified atom stereocenters. The third-order valence-corrected chi connectivity index (χ3v) is 4.72. The highest BCUT2D eigenvalue weighted by molar-refractivity contribution is 6.30. The van der Waals surface area contributed by atoms with Crippen molar-refractivity contribution in [3.63, 3.8) is 0 Å². The van der Waals surface area contributed by atoms with Crippen molar-refractivity contribution in [2.75, 3.05) is 18.6 Å². The van der Waals surface area contributed by atoms with Crippen molar-refractivity contribution < 1.29 is 13.9 Å². The maximum Gasteiger partial charge on any atom is 0.374 e. The van der Waals surface area contributed by atoms with Gasteiger partial charge in [-0.25, -0.2) is 14.2 Å². The van der Waals surface area contributed by atoms with E-state index in [4.69, 9.17) is 16.3 Å². The Hall–Kier alpha value is -2.08. The molecule has 128 valence electrons. The summed E-state index contributed by atoms with van der Waals surface area (Å²) in [6.07, 6.45) is 0. The summed E-state index contributed by atoms with van der Waals surface area (Å²) in [4.78, 5) is 18.5. The molecule has 0 spiro atoms. The first kappa shape index (κ1) is 16.8. The van der Waals surface area contributed by atoms with Gasteiger partial charge in [0.25, 0.3) is 0 Å². The summed E-state index contributed by atoms with van der Waals surface area (Å²) in [6, 6.07) is 4.78. The summed E-state index contributed by atoms with van der Waals surface area (Å²) in [5.41, 5.74) is 2.24. The van der Waals surface area contributed by atoms with Crippen LogP contribution in [0, 0.1) is 5.82 Å². The zero-order valence-corrected chi connectivity index (χ0v) is 14.8. The molecule has 0 saturated carbocycles. The predicted octanol–water partition coefficient (Wildman–Crippen LogP) is 3.30. The maximum absolute atomic E-state index is 13.8. The summed E-state index contributed by atoms with van der Waals surface area (Å²) in [5.74, 6) is -0.635. The Morgan fingerprint density at radius 3 is 2.75 bits per heavy atom. The first-order valence-electron chi connectivity index (χ1n) is 7.59. The minimum Gasteiger partial charge on any atom is -0.463 e. The van der Waals surface area contributed by atoms with Crippen LogP contribution in [0.25, 0.3) is 0 Å². The maximum atomic E-state index is 13.8. The lowest BCUT2D eigenvalue weighted by atomic mass is 9.84. The lowest BCUT2D eigenvalue weighted by molar-refractivity contribution is 0.0582. The van der Waals surface area contributed by atoms with Gasteiger partial charge in [0.1, 0.15) is 5.82 Å². The number of aromatic nitrogens is 2. The van der Waals surface area contributed by atoms with Crippen LogP contribution in [-0.2, 0) is 23.7 Å². The molecule has 24 heavy (non-hydrogen) atoms. The van der Waals surface area contributed by atoms with Crippen LogP contribution in [0.1, 0.15) is 35.9 Å². The van der Waals surface area contributed by atoms with Crippen LogP contribution in [0.4, 0.5) is 10.1 Å². The summed E-state index contributed by atoms with van der Waals surface area (Å²) in [6.45, 7) is 5.29. The third-order valence-electron chi connectivity index (χ3n) is 4.42. The number of halogens is 2. The Bertz CT molecular complexity index is 816. The lowest BCUT2D eigenvalue weighted by Crippen LogP contribution is -2.42. The van der Waals surface area contributed by atoms with Gasteiger partial charge in [-0.15, -0.1) is 0 Å². The fraction of sp³-hybridized carbons (Fsp3) is 0.412. The van der Waals surface area contributed by atoms with Crippen molar-refractivity contribution in [2.24, 2.45) is 7.05 Å². The van der Waals surface area contributed by atoms with Gasteiger partial charge in [0, 0.05) is 24.7 Å². The number of carbonyl (C=O) groups excluding carboxylic acids is 1. The number of rotatable bonds is 2. The molecule has 1 aromatic heterocycles. The number of esters is 1. The van der Waals surface area contributed by atoms with Gasteiger partial charge in [-0.2, -0.15) is 0 Å². The van der Waals surface area contributed by atoms with Gasteiger partial charge < -0.3 is 14.2 Å². The molecule has 0 saturated heterocycles. The molecular weight excluding hydrogens is 333 g/mol. The molecule has 2 aromatic rings. The van der Waals surface area contributed by atoms with Crippen molar-refractivity contribution >= 4 is 23.3 Å². The summed E-state index contributed by atoms with van der Waals surface area (Å²) in [5, 5.41) is 0.101. The zero-order chi connectivity index (χ0) is 17.6. The minimum absolute atomic E-state index is 0.101. The van der Waals surface area contributed by atoms with Crippen molar-refractivity contribution in [2.45, 2.75) is 25.8 Å². The van der Waals surface area contributed by atoms with Crippen LogP contribution in [0.2, 0.25) is 5.02 Å². The third kappa shape index (κ3) is 2.65. The normalized spacial score (nSPS) is 16.0. The molecule has 5 nitrogen and oxygen atoms in total. The van der Waals surface area contributed by atoms with E-state index in [1.54, 1.807) is 23.7 Å². The molecule has 1 aliphatic rings. The average Bonchev–Trinajstić information content (AvgIpc) is 2.87. The fourth-order valence-electron chi connectivity index (χ4n) is 3.18. The molecule has 1 aromatic carbocycles. The number of ether oxygens (including phenoxy) is 1. The van der Waals surface area contributed by atoms with Crippen molar-refractivity contribution in [3.8, 4) is 0 Å². The Kier molecular flexibility index (Phi) is 4.03. The molecular formula is C17H19ClFN3O2. The van der Waals surface area contributed by atoms with E-state index in [9.17, 15) is 9.18 Å². The second-order valence-corrected chi connectivity index (χ2v) is 7.03. The van der Waals surface area contributed by atoms with E-state index in [1.165, 1.54) is 13.2 Å². The van der Waals surface area contributed by atoms with Gasteiger partial charge in [0.05, 0.1) is 30.1 Å². The molecule has 0 radical (unpaired) electrons. The van der Waals surface area contributed by atoms with Gasteiger partial charge in [-0.1, -0.05) is 25.4 Å². The van der Waals surface area contributed by atoms with E-state index in [1.807, 2.05) is 0 Å². The second kappa shape index (κ2) is 5.77. The first-order chi connectivity index (χ1) is 11.2. The Labute approximate surface area is 145 Å². The molecule has 0 atom stereocenters. The van der Waals surface area contributed by atoms with Crippen LogP contribution in [0.3, 0.4) is 0 Å². The number of hydrogen-bond acceptors (Lipinski definition) is 4. The van der Waals surface area contributed by atoms with Gasteiger partial charge in [0.2, 0.25) is 5.82 Å². The molecule has 2 heterocycles. The second-order valence-electron chi connectivity index (χ2n) is 6.62. The number of fused-ring (bicyclic) bond motifs is 1. The number of anilines is 1. The van der Waals surface area contributed by atoms with E-state index in [0.29, 0.717) is 13.1 Å². The highest BCUT2D eigenvalue weighted by Gasteiger charge is 2.37. The Balaban J connectivity index is 2.05. The van der Waals surface area contributed by atoms with Crippen molar-refractivity contribution in [1.82, 2.24) is 9.55 Å². The monoisotopic (exact) mass is 351 g/mol. The number of imidazole rings is 1. The molecule has 0 amide bonds. The molecule has 0 aliphatic carbocycles. The van der Waals surface area contributed by atoms with E-state index >= 15 is 0 Å². The van der Waals surface area contributed by atoms with Crippen LogP contribution >= 0.6 is 11.6 Å². The molecule has 0 bridgehead atoms. The summed E-state index contributed by atoms with van der Waals surface area (Å²) >= 11 is 5.78. The number of methoxy groups -OCH3 is 1. The highest BCUT2D eigenvalue weighted by Crippen LogP contribution is 2.36. The minimum atomic E-state index is -0.466. The van der Waals surface area contributed by atoms with Crippen LogP contribution < -0.4 is 4.90 Å². The quantitative estimate of drug-likeness (QED) is 0.779. The van der Waals surface area contributed by atoms with Crippen LogP contribution in [-0.4, -0.2) is 29.2 Å². The van der Waals surface area contributed by atoms with Crippen molar-refractivity contribution in [1.29, 1.82) is 0 Å². The summed E-state index contributed by atoms with van der Waals surface area (Å²) in [7, 11) is 3.13. The molecule has 0 fully saturated rings. The lowest BCUT2D eigenvalue weighted by Gasteiger charge is -2.39. The zero-order valence-electron chi connectivity index (χ0n) is 14.1. The average molecular weight is 352 g/mol. The van der Waals surface area contributed by atoms with E-state index in [2.05, 4.69) is 23.7 Å². The fourth-order valence-corrected chi connectivity index (χ4v) is 3.30. The largest absolute Gasteiger partial charge is 0.463 e. The Morgan fingerprint density at radius 1 is 1.42 bits per heavy atom. The van der Waals surface area contributed by atoms with Gasteiger partial charge in [-0.3, -0.25) is 0 Å². The number of hydrogen-bond donors (Lipinski definition) is 0. The topological polar surface area (TPSA) is 47.4 Å². The van der Waals surface area contributed by atoms with Crippen LogP contribution in [0.15, 0.2) is 18.2 Å². The van der Waals surface area contributed by atoms with E-state index < -0.39 is 11.8 Å². The standard InChI is InChI=1S/C17H19ClFN3O2/c1-17(2)9-22(10-5-6-11(18)12(19)7-10)8-13-14(17)20-15(21(13)3)16(23)24-4/h5-7H,8-9H2,1-4H3. The van der Waals surface area contributed by atoms with Gasteiger partial charge in [-0.05, 0) is 18.2 Å². The first-order valence-corrected chi connectivity index (χ1v) is 7.97. The molecule has 0 N–H and O–H groups in total. The van der Waals surface area contributed by atoms with E-state index in [0.717, 1.165) is 17.1 Å². The van der Waals surface area contributed by atoms with Gasteiger partial charge in [0.15, 0.2) is 0 Å².